The maximum Gasteiger partial charge on any atom is 0.0789 e. The molecule has 2 saturated carbocycles. The van der Waals surface area contributed by atoms with E-state index in [1.165, 1.54) is 12.0 Å². The van der Waals surface area contributed by atoms with E-state index in [0.717, 1.165) is 38.5 Å². The van der Waals surface area contributed by atoms with Crippen LogP contribution in [0.5, 0.6) is 0 Å². The first-order valence-electron chi connectivity index (χ1n) is 8.34. The summed E-state index contributed by atoms with van der Waals surface area (Å²) in [5.41, 5.74) is 0.779. The molecule has 0 bridgehead atoms. The summed E-state index contributed by atoms with van der Waals surface area (Å²) in [5, 5.41) is 11.4. The Bertz CT molecular complexity index is 448. The topological polar surface area (TPSA) is 32.7 Å². The zero-order valence-corrected chi connectivity index (χ0v) is 13.6. The molecular formula is C18H29NO2. The summed E-state index contributed by atoms with van der Waals surface area (Å²) in [6.07, 6.45) is 14.4. The molecule has 0 aromatic rings. The fourth-order valence-corrected chi connectivity index (χ4v) is 4.64. The highest BCUT2D eigenvalue weighted by atomic mass is 16.5. The van der Waals surface area contributed by atoms with Crippen LogP contribution in [0.15, 0.2) is 23.8 Å². The van der Waals surface area contributed by atoms with Crippen LogP contribution >= 0.6 is 0 Å². The van der Waals surface area contributed by atoms with Crippen molar-refractivity contribution in [3.63, 3.8) is 0 Å². The maximum absolute atomic E-state index is 11.4. The zero-order valence-electron chi connectivity index (χ0n) is 13.6. The van der Waals surface area contributed by atoms with Gasteiger partial charge in [0.15, 0.2) is 0 Å². The van der Waals surface area contributed by atoms with E-state index in [1.807, 2.05) is 0 Å². The third-order valence-corrected chi connectivity index (χ3v) is 5.94. The number of rotatable bonds is 4. The van der Waals surface area contributed by atoms with Gasteiger partial charge in [0.2, 0.25) is 0 Å². The number of ether oxygens (including phenoxy) is 1. The molecule has 21 heavy (non-hydrogen) atoms. The van der Waals surface area contributed by atoms with Gasteiger partial charge in [-0.1, -0.05) is 37.5 Å². The smallest absolute Gasteiger partial charge is 0.0789 e. The number of allylic oxidation sites excluding steroid dienone is 1. The molecule has 3 aliphatic rings. The van der Waals surface area contributed by atoms with Crippen molar-refractivity contribution in [3.8, 4) is 0 Å². The molecule has 0 aromatic carbocycles. The first-order valence-corrected chi connectivity index (χ1v) is 8.34. The van der Waals surface area contributed by atoms with Crippen molar-refractivity contribution in [2.24, 2.45) is 5.41 Å². The molecule has 3 rings (SSSR count). The van der Waals surface area contributed by atoms with Gasteiger partial charge >= 0.3 is 0 Å². The van der Waals surface area contributed by atoms with Gasteiger partial charge in [0, 0.05) is 18.6 Å². The second kappa shape index (κ2) is 5.53. The van der Waals surface area contributed by atoms with Crippen LogP contribution in [0.1, 0.15) is 44.9 Å². The van der Waals surface area contributed by atoms with Crippen molar-refractivity contribution < 1.29 is 9.84 Å². The molecule has 1 N–H and O–H groups in total. The fraction of sp³-hybridized carbons (Fsp3) is 0.778. The van der Waals surface area contributed by atoms with Crippen molar-refractivity contribution in [1.82, 2.24) is 4.90 Å². The lowest BCUT2D eigenvalue weighted by Gasteiger charge is -2.43. The summed E-state index contributed by atoms with van der Waals surface area (Å²) in [4.78, 5) is 2.30. The molecular weight excluding hydrogens is 262 g/mol. The van der Waals surface area contributed by atoms with Crippen molar-refractivity contribution in [3.05, 3.63) is 23.8 Å². The molecule has 0 aliphatic heterocycles. The summed E-state index contributed by atoms with van der Waals surface area (Å²) in [7, 11) is 6.05. The molecule has 0 heterocycles. The molecule has 0 saturated heterocycles. The quantitative estimate of drug-likeness (QED) is 0.864. The second-order valence-corrected chi connectivity index (χ2v) is 7.28. The SMILES string of the molecule is COC1C=CC(C2(C3(O)CCCCC3)C[C@H]2N(C)C)=CC1. The summed E-state index contributed by atoms with van der Waals surface area (Å²) in [6.45, 7) is 0. The molecule has 3 heteroatoms. The van der Waals surface area contributed by atoms with Crippen LogP contribution in [-0.2, 0) is 4.74 Å². The van der Waals surface area contributed by atoms with Crippen LogP contribution in [0, 0.1) is 5.41 Å². The fourth-order valence-electron chi connectivity index (χ4n) is 4.64. The van der Waals surface area contributed by atoms with Crippen LogP contribution < -0.4 is 0 Å². The minimum Gasteiger partial charge on any atom is -0.389 e. The summed E-state index contributed by atoms with van der Waals surface area (Å²) in [5.74, 6) is 0. The standard InChI is InChI=1S/C18H29NO2/c1-19(2)16-13-18(16,17(20)11-5-4-6-12-17)14-7-9-15(21-3)10-8-14/h7-9,15-16,20H,4-6,10-13H2,1-3H3/t15?,16-,18?/m1/s1. The van der Waals surface area contributed by atoms with Gasteiger partial charge in [-0.2, -0.15) is 0 Å². The maximum atomic E-state index is 11.4. The van der Waals surface area contributed by atoms with Crippen LogP contribution in [0.25, 0.3) is 0 Å². The minimum absolute atomic E-state index is 0.0495. The van der Waals surface area contributed by atoms with E-state index in [2.05, 4.69) is 37.2 Å². The molecule has 118 valence electrons. The highest BCUT2D eigenvalue weighted by Gasteiger charge is 2.68. The molecule has 3 aliphatic carbocycles. The Kier molecular flexibility index (Phi) is 4.02. The van der Waals surface area contributed by atoms with Gasteiger partial charge in [-0.05, 0) is 45.4 Å². The average molecular weight is 291 g/mol. The number of methoxy groups -OCH3 is 1. The van der Waals surface area contributed by atoms with Gasteiger partial charge in [0.25, 0.3) is 0 Å². The molecule has 3 atom stereocenters. The van der Waals surface area contributed by atoms with Crippen molar-refractivity contribution in [2.45, 2.75) is 62.7 Å². The van der Waals surface area contributed by atoms with Crippen molar-refractivity contribution >= 4 is 0 Å². The molecule has 0 radical (unpaired) electrons. The van der Waals surface area contributed by atoms with Gasteiger partial charge in [-0.15, -0.1) is 0 Å². The minimum atomic E-state index is -0.518. The number of aliphatic hydroxyl groups is 1. The van der Waals surface area contributed by atoms with E-state index in [0.29, 0.717) is 6.04 Å². The predicted molar refractivity (Wildman–Crippen MR) is 85.2 cm³/mol. The van der Waals surface area contributed by atoms with Gasteiger partial charge in [0.1, 0.15) is 0 Å². The van der Waals surface area contributed by atoms with Gasteiger partial charge in [0.05, 0.1) is 11.7 Å². The van der Waals surface area contributed by atoms with Crippen LogP contribution in [0.2, 0.25) is 0 Å². The number of hydrogen-bond donors (Lipinski definition) is 1. The second-order valence-electron chi connectivity index (χ2n) is 7.28. The lowest BCUT2D eigenvalue weighted by molar-refractivity contribution is -0.0554. The summed E-state index contributed by atoms with van der Waals surface area (Å²) in [6, 6.07) is 0.468. The summed E-state index contributed by atoms with van der Waals surface area (Å²) < 4.78 is 5.41. The van der Waals surface area contributed by atoms with Gasteiger partial charge in [-0.25, -0.2) is 0 Å². The van der Waals surface area contributed by atoms with Gasteiger partial charge < -0.3 is 14.7 Å². The first kappa shape index (κ1) is 15.3. The Morgan fingerprint density at radius 1 is 1.24 bits per heavy atom. The molecule has 2 fully saturated rings. The normalized spacial score (nSPS) is 38.4. The van der Waals surface area contributed by atoms with Crippen molar-refractivity contribution in [2.75, 3.05) is 21.2 Å². The first-order chi connectivity index (χ1) is 10.0. The van der Waals surface area contributed by atoms with Crippen LogP contribution in [-0.4, -0.2) is 49.0 Å². The van der Waals surface area contributed by atoms with Gasteiger partial charge in [-0.3, -0.25) is 0 Å². The lowest BCUT2D eigenvalue weighted by Crippen LogP contribution is -2.46. The van der Waals surface area contributed by atoms with E-state index in [-0.39, 0.29) is 11.5 Å². The Morgan fingerprint density at radius 2 is 1.95 bits per heavy atom. The Balaban J connectivity index is 1.89. The van der Waals surface area contributed by atoms with E-state index in [4.69, 9.17) is 4.74 Å². The highest BCUT2D eigenvalue weighted by molar-refractivity contribution is 5.43. The molecule has 0 amide bonds. The largest absolute Gasteiger partial charge is 0.389 e. The Hall–Kier alpha value is -0.640. The van der Waals surface area contributed by atoms with E-state index in [9.17, 15) is 5.11 Å². The lowest BCUT2D eigenvalue weighted by atomic mass is 9.68. The summed E-state index contributed by atoms with van der Waals surface area (Å²) >= 11 is 0. The predicted octanol–water partition coefficient (Wildman–Crippen LogP) is 2.90. The highest BCUT2D eigenvalue weighted by Crippen LogP contribution is 2.65. The van der Waals surface area contributed by atoms with E-state index < -0.39 is 5.60 Å². The van der Waals surface area contributed by atoms with E-state index in [1.54, 1.807) is 7.11 Å². The molecule has 0 spiro atoms. The third-order valence-electron chi connectivity index (χ3n) is 5.94. The molecule has 3 nitrogen and oxygen atoms in total. The van der Waals surface area contributed by atoms with Crippen LogP contribution in [0.4, 0.5) is 0 Å². The molecule has 2 unspecified atom stereocenters. The zero-order chi connectivity index (χ0) is 15.1. The Labute approximate surface area is 128 Å². The average Bonchev–Trinajstić information content (AvgIpc) is 3.26. The Morgan fingerprint density at radius 3 is 2.43 bits per heavy atom. The molecule has 0 aromatic heterocycles. The number of nitrogens with zero attached hydrogens (tertiary/aromatic N) is 1. The van der Waals surface area contributed by atoms with Crippen LogP contribution in [0.3, 0.4) is 0 Å². The third kappa shape index (κ3) is 2.39. The van der Waals surface area contributed by atoms with E-state index >= 15 is 0 Å². The number of hydrogen-bond acceptors (Lipinski definition) is 3. The monoisotopic (exact) mass is 291 g/mol. The van der Waals surface area contributed by atoms with Crippen molar-refractivity contribution in [1.29, 1.82) is 0 Å².